The van der Waals surface area contributed by atoms with Gasteiger partial charge in [0, 0.05) is 45.3 Å². The van der Waals surface area contributed by atoms with Crippen molar-refractivity contribution in [3.05, 3.63) is 42.2 Å². The largest absolute Gasteiger partial charge is 0.459 e. The van der Waals surface area contributed by atoms with E-state index in [2.05, 4.69) is 14.9 Å². The van der Waals surface area contributed by atoms with Crippen molar-refractivity contribution < 1.29 is 14.0 Å². The lowest BCUT2D eigenvalue weighted by atomic mass is 10.2. The van der Waals surface area contributed by atoms with E-state index in [9.17, 15) is 9.59 Å². The smallest absolute Gasteiger partial charge is 0.289 e. The van der Waals surface area contributed by atoms with Crippen molar-refractivity contribution in [2.24, 2.45) is 0 Å². The standard InChI is InChI=1S/C18H21N5O3/c24-17(14-12-16(20-13-19-14)21-5-1-2-6-21)22-7-9-23(10-8-22)18(25)15-4-3-11-26-15/h3-4,11-13H,1-2,5-10H2. The van der Waals surface area contributed by atoms with Crippen LogP contribution in [0, 0.1) is 0 Å². The molecule has 0 unspecified atom stereocenters. The number of hydrogen-bond acceptors (Lipinski definition) is 6. The van der Waals surface area contributed by atoms with Crippen molar-refractivity contribution in [2.45, 2.75) is 12.8 Å². The average molecular weight is 355 g/mol. The predicted molar refractivity (Wildman–Crippen MR) is 94.0 cm³/mol. The molecule has 26 heavy (non-hydrogen) atoms. The molecule has 0 aromatic carbocycles. The fourth-order valence-electron chi connectivity index (χ4n) is 3.41. The van der Waals surface area contributed by atoms with Crippen LogP contribution in [0.5, 0.6) is 0 Å². The van der Waals surface area contributed by atoms with E-state index in [-0.39, 0.29) is 11.8 Å². The van der Waals surface area contributed by atoms with Gasteiger partial charge in [0.2, 0.25) is 0 Å². The van der Waals surface area contributed by atoms with Gasteiger partial charge in [-0.15, -0.1) is 0 Å². The van der Waals surface area contributed by atoms with Gasteiger partial charge in [0.25, 0.3) is 11.8 Å². The van der Waals surface area contributed by atoms with E-state index in [1.165, 1.54) is 12.6 Å². The van der Waals surface area contributed by atoms with E-state index in [0.717, 1.165) is 31.7 Å². The molecule has 0 saturated carbocycles. The van der Waals surface area contributed by atoms with E-state index >= 15 is 0 Å². The summed E-state index contributed by atoms with van der Waals surface area (Å²) in [5.74, 6) is 0.890. The van der Waals surface area contributed by atoms with Crippen LogP contribution in [0.4, 0.5) is 5.82 Å². The molecule has 8 nitrogen and oxygen atoms in total. The normalized spacial score (nSPS) is 17.6. The number of carbonyl (C=O) groups is 2. The van der Waals surface area contributed by atoms with Crippen molar-refractivity contribution in [1.29, 1.82) is 0 Å². The molecular weight excluding hydrogens is 334 g/mol. The van der Waals surface area contributed by atoms with Gasteiger partial charge in [-0.3, -0.25) is 9.59 Å². The maximum absolute atomic E-state index is 12.8. The highest BCUT2D eigenvalue weighted by Gasteiger charge is 2.27. The molecule has 4 rings (SSSR count). The Hall–Kier alpha value is -2.90. The number of furan rings is 1. The number of anilines is 1. The van der Waals surface area contributed by atoms with Crippen LogP contribution in [0.25, 0.3) is 0 Å². The molecule has 0 radical (unpaired) electrons. The zero-order chi connectivity index (χ0) is 17.9. The molecular formula is C18H21N5O3. The summed E-state index contributed by atoms with van der Waals surface area (Å²) in [6.45, 7) is 3.86. The van der Waals surface area contributed by atoms with E-state index in [1.54, 1.807) is 28.0 Å². The van der Waals surface area contributed by atoms with E-state index in [1.807, 2.05) is 0 Å². The molecule has 2 aliphatic heterocycles. The lowest BCUT2D eigenvalue weighted by molar-refractivity contribution is 0.0515. The van der Waals surface area contributed by atoms with Crippen LogP contribution in [0.15, 0.2) is 35.2 Å². The molecule has 0 N–H and O–H groups in total. The molecule has 0 spiro atoms. The van der Waals surface area contributed by atoms with Gasteiger partial charge in [0.05, 0.1) is 6.26 Å². The Morgan fingerprint density at radius 2 is 1.62 bits per heavy atom. The maximum Gasteiger partial charge on any atom is 0.289 e. The predicted octanol–water partition coefficient (Wildman–Crippen LogP) is 1.27. The average Bonchev–Trinajstić information content (AvgIpc) is 3.41. The second-order valence-electron chi connectivity index (χ2n) is 6.52. The summed E-state index contributed by atoms with van der Waals surface area (Å²) < 4.78 is 5.16. The third kappa shape index (κ3) is 3.26. The minimum Gasteiger partial charge on any atom is -0.459 e. The molecule has 0 bridgehead atoms. The molecule has 2 aliphatic rings. The summed E-state index contributed by atoms with van der Waals surface area (Å²) in [4.78, 5) is 39.1. The number of rotatable bonds is 3. The first-order chi connectivity index (χ1) is 12.7. The highest BCUT2D eigenvalue weighted by atomic mass is 16.3. The van der Waals surface area contributed by atoms with Gasteiger partial charge in [-0.05, 0) is 25.0 Å². The fraction of sp³-hybridized carbons (Fsp3) is 0.444. The molecule has 8 heteroatoms. The molecule has 2 amide bonds. The zero-order valence-electron chi connectivity index (χ0n) is 14.5. The van der Waals surface area contributed by atoms with Crippen LogP contribution in [0.1, 0.15) is 33.9 Å². The van der Waals surface area contributed by atoms with Gasteiger partial charge in [-0.2, -0.15) is 0 Å². The van der Waals surface area contributed by atoms with Gasteiger partial charge in [0.1, 0.15) is 17.8 Å². The second-order valence-corrected chi connectivity index (χ2v) is 6.52. The summed E-state index contributed by atoms with van der Waals surface area (Å²) in [6, 6.07) is 5.12. The minimum absolute atomic E-state index is 0.113. The Morgan fingerprint density at radius 1 is 0.923 bits per heavy atom. The molecule has 4 heterocycles. The first-order valence-corrected chi connectivity index (χ1v) is 8.91. The molecule has 0 aliphatic carbocycles. The Bertz CT molecular complexity index is 778. The lowest BCUT2D eigenvalue weighted by Crippen LogP contribution is -2.50. The van der Waals surface area contributed by atoms with Gasteiger partial charge >= 0.3 is 0 Å². The molecule has 2 aromatic rings. The fourth-order valence-corrected chi connectivity index (χ4v) is 3.41. The van der Waals surface area contributed by atoms with E-state index < -0.39 is 0 Å². The summed E-state index contributed by atoms with van der Waals surface area (Å²) in [6.07, 6.45) is 5.25. The summed E-state index contributed by atoms with van der Waals surface area (Å²) in [7, 11) is 0. The van der Waals surface area contributed by atoms with E-state index in [4.69, 9.17) is 4.42 Å². The molecule has 136 valence electrons. The molecule has 2 aromatic heterocycles. The van der Waals surface area contributed by atoms with Gasteiger partial charge in [0.15, 0.2) is 5.76 Å². The van der Waals surface area contributed by atoms with Crippen LogP contribution in [-0.2, 0) is 0 Å². The number of nitrogens with zero attached hydrogens (tertiary/aromatic N) is 5. The zero-order valence-corrected chi connectivity index (χ0v) is 14.5. The maximum atomic E-state index is 12.8. The Kier molecular flexibility index (Phi) is 4.55. The van der Waals surface area contributed by atoms with Crippen LogP contribution in [0.2, 0.25) is 0 Å². The van der Waals surface area contributed by atoms with Crippen molar-refractivity contribution in [3.8, 4) is 0 Å². The molecule has 2 saturated heterocycles. The lowest BCUT2D eigenvalue weighted by Gasteiger charge is -2.34. The van der Waals surface area contributed by atoms with Crippen LogP contribution < -0.4 is 4.90 Å². The second kappa shape index (κ2) is 7.15. The summed E-state index contributed by atoms with van der Waals surface area (Å²) >= 11 is 0. The topological polar surface area (TPSA) is 82.8 Å². The number of amides is 2. The SMILES string of the molecule is O=C(c1cc(N2CCCC2)ncn1)N1CCN(C(=O)c2ccco2)CC1. The highest BCUT2D eigenvalue weighted by Crippen LogP contribution is 2.18. The number of piperazine rings is 1. The first-order valence-electron chi connectivity index (χ1n) is 8.91. The molecule has 2 fully saturated rings. The van der Waals surface area contributed by atoms with Crippen LogP contribution in [-0.4, -0.2) is 70.9 Å². The van der Waals surface area contributed by atoms with E-state index in [0.29, 0.717) is 37.6 Å². The van der Waals surface area contributed by atoms with Crippen LogP contribution >= 0.6 is 0 Å². The number of hydrogen-bond donors (Lipinski definition) is 0. The van der Waals surface area contributed by atoms with Crippen molar-refractivity contribution >= 4 is 17.6 Å². The monoisotopic (exact) mass is 355 g/mol. The third-order valence-electron chi connectivity index (χ3n) is 4.89. The Morgan fingerprint density at radius 3 is 2.27 bits per heavy atom. The van der Waals surface area contributed by atoms with Crippen LogP contribution in [0.3, 0.4) is 0 Å². The quantitative estimate of drug-likeness (QED) is 0.825. The van der Waals surface area contributed by atoms with Gasteiger partial charge in [-0.25, -0.2) is 9.97 Å². The first kappa shape index (κ1) is 16.6. The minimum atomic E-state index is -0.138. The van der Waals surface area contributed by atoms with Crippen molar-refractivity contribution in [3.63, 3.8) is 0 Å². The highest BCUT2D eigenvalue weighted by molar-refractivity contribution is 5.94. The molecule has 0 atom stereocenters. The number of aromatic nitrogens is 2. The number of carbonyl (C=O) groups excluding carboxylic acids is 2. The summed E-state index contributed by atoms with van der Waals surface area (Å²) in [5, 5.41) is 0. The van der Waals surface area contributed by atoms with Crippen molar-refractivity contribution in [1.82, 2.24) is 19.8 Å². The third-order valence-corrected chi connectivity index (χ3v) is 4.89. The Balaban J connectivity index is 1.39. The van der Waals surface area contributed by atoms with Crippen molar-refractivity contribution in [2.75, 3.05) is 44.2 Å². The summed E-state index contributed by atoms with van der Waals surface area (Å²) in [5.41, 5.74) is 0.410. The Labute approximate surface area is 151 Å². The van der Waals surface area contributed by atoms with Gasteiger partial charge < -0.3 is 19.1 Å². The van der Waals surface area contributed by atoms with Gasteiger partial charge in [-0.1, -0.05) is 0 Å².